The van der Waals surface area contributed by atoms with Crippen molar-refractivity contribution < 1.29 is 0 Å². The lowest BCUT2D eigenvalue weighted by atomic mass is 9.99. The molecular weight excluding hydrogens is 1000 g/mol. The summed E-state index contributed by atoms with van der Waals surface area (Å²) in [7, 11) is 0. The van der Waals surface area contributed by atoms with Gasteiger partial charge in [0.1, 0.15) is 5.01 Å². The molecule has 1 aromatic heterocycles. The van der Waals surface area contributed by atoms with E-state index < -0.39 is 0 Å². The van der Waals surface area contributed by atoms with E-state index in [4.69, 9.17) is 9.36 Å². The average molecular weight is 1060 g/mol. The first-order valence-corrected chi connectivity index (χ1v) is 28.1. The van der Waals surface area contributed by atoms with Crippen LogP contribution in [0.3, 0.4) is 0 Å². The molecule has 0 bridgehead atoms. The number of anilines is 12. The van der Waals surface area contributed by atoms with Gasteiger partial charge in [-0.1, -0.05) is 194 Å². The highest BCUT2D eigenvalue weighted by molar-refractivity contribution is 7.09. The van der Waals surface area contributed by atoms with Crippen LogP contribution in [0.1, 0.15) is 0 Å². The van der Waals surface area contributed by atoms with Crippen molar-refractivity contribution in [3.05, 3.63) is 303 Å². The molecule has 0 unspecified atom stereocenters. The molecule has 81 heavy (non-hydrogen) atoms. The summed E-state index contributed by atoms with van der Waals surface area (Å²) in [4.78, 5) is 15.0. The molecular formula is C74H50N6S. The Labute approximate surface area is 475 Å². The molecule has 382 valence electrons. The van der Waals surface area contributed by atoms with Crippen LogP contribution in [0.2, 0.25) is 0 Å². The highest BCUT2D eigenvalue weighted by atomic mass is 32.1. The summed E-state index contributed by atoms with van der Waals surface area (Å²) in [5.74, 6) is 0.669. The molecule has 3 heterocycles. The van der Waals surface area contributed by atoms with E-state index in [1.807, 2.05) is 0 Å². The lowest BCUT2D eigenvalue weighted by molar-refractivity contribution is 1.17. The van der Waals surface area contributed by atoms with Gasteiger partial charge in [-0.25, -0.2) is 4.98 Å². The first kappa shape index (κ1) is 47.6. The standard InChI is InChI=1S/C74H50N6S/c1-5-21-51(22-6-1)55-29-17-33-61(45-55)77-65-37-13-15-39-67(65)79(63-35-19-31-57(47-63)53-25-9-3-10-26-53)71-49-59(41-43-69(71)77)73-75-74(81-76-73)60-42-44-70-72(50-60)80(64-36-20-32-58(48-64)54-27-11-4-12-28-54)68-40-16-14-38-66(68)78(70)62-34-18-30-56(46-62)52-23-7-2-8-24-52/h1-50H. The molecule has 7 heteroatoms. The maximum atomic E-state index is 5.43. The highest BCUT2D eigenvalue weighted by Crippen LogP contribution is 2.57. The fourth-order valence-electron chi connectivity index (χ4n) is 11.7. The van der Waals surface area contributed by atoms with Crippen molar-refractivity contribution in [2.24, 2.45) is 0 Å². The van der Waals surface area contributed by atoms with E-state index in [0.717, 1.165) is 112 Å². The molecule has 15 rings (SSSR count). The van der Waals surface area contributed by atoms with Crippen LogP contribution >= 0.6 is 11.5 Å². The van der Waals surface area contributed by atoms with Crippen molar-refractivity contribution in [1.82, 2.24) is 9.36 Å². The second kappa shape index (κ2) is 20.3. The Morgan fingerprint density at radius 2 is 0.494 bits per heavy atom. The van der Waals surface area contributed by atoms with E-state index in [2.05, 4.69) is 323 Å². The summed E-state index contributed by atoms with van der Waals surface area (Å²) in [6.07, 6.45) is 0. The molecule has 0 spiro atoms. The Bertz CT molecular complexity index is 4160. The molecule has 0 N–H and O–H groups in total. The number of fused-ring (bicyclic) bond motifs is 4. The van der Waals surface area contributed by atoms with Gasteiger partial charge in [-0.15, -0.1) is 0 Å². The Morgan fingerprint density at radius 3 is 0.852 bits per heavy atom. The van der Waals surface area contributed by atoms with Gasteiger partial charge in [-0.2, -0.15) is 4.37 Å². The van der Waals surface area contributed by atoms with Gasteiger partial charge in [0, 0.05) is 33.9 Å². The molecule has 13 aromatic rings. The third kappa shape index (κ3) is 8.70. The van der Waals surface area contributed by atoms with E-state index in [9.17, 15) is 0 Å². The van der Waals surface area contributed by atoms with E-state index >= 15 is 0 Å². The molecule has 6 nitrogen and oxygen atoms in total. The van der Waals surface area contributed by atoms with E-state index in [1.54, 1.807) is 0 Å². The minimum atomic E-state index is 0.669. The summed E-state index contributed by atoms with van der Waals surface area (Å²) in [5, 5.41) is 0.831. The van der Waals surface area contributed by atoms with Crippen molar-refractivity contribution in [2.75, 3.05) is 19.6 Å². The second-order valence-corrected chi connectivity index (χ2v) is 21.1. The number of aromatic nitrogens is 2. The Kier molecular flexibility index (Phi) is 11.9. The number of rotatable bonds is 10. The van der Waals surface area contributed by atoms with Gasteiger partial charge < -0.3 is 19.6 Å². The number of hydrogen-bond acceptors (Lipinski definition) is 7. The molecule has 0 saturated heterocycles. The van der Waals surface area contributed by atoms with Gasteiger partial charge in [0.15, 0.2) is 5.82 Å². The molecule has 0 aliphatic carbocycles. The summed E-state index contributed by atoms with van der Waals surface area (Å²) >= 11 is 1.43. The molecule has 0 fully saturated rings. The Morgan fingerprint density at radius 1 is 0.210 bits per heavy atom. The van der Waals surface area contributed by atoms with Crippen molar-refractivity contribution >= 4 is 79.8 Å². The lowest BCUT2D eigenvalue weighted by Crippen LogP contribution is -2.24. The molecule has 0 amide bonds. The Hall–Kier alpha value is -10.6. The van der Waals surface area contributed by atoms with Gasteiger partial charge in [0.25, 0.3) is 0 Å². The number of para-hydroxylation sites is 4. The van der Waals surface area contributed by atoms with Crippen molar-refractivity contribution in [2.45, 2.75) is 0 Å². The lowest BCUT2D eigenvalue weighted by Gasteiger charge is -2.40. The van der Waals surface area contributed by atoms with Crippen LogP contribution in [0.4, 0.5) is 68.2 Å². The highest BCUT2D eigenvalue weighted by Gasteiger charge is 2.34. The van der Waals surface area contributed by atoms with Crippen LogP contribution in [0.5, 0.6) is 0 Å². The summed E-state index contributed by atoms with van der Waals surface area (Å²) < 4.78 is 5.18. The first-order chi connectivity index (χ1) is 40.2. The number of benzene rings is 12. The number of hydrogen-bond donors (Lipinski definition) is 0. The zero-order valence-electron chi connectivity index (χ0n) is 44.0. The fraction of sp³-hybridized carbons (Fsp3) is 0. The predicted octanol–water partition coefficient (Wildman–Crippen LogP) is 21.0. The minimum absolute atomic E-state index is 0.669. The zero-order valence-corrected chi connectivity index (χ0v) is 44.8. The molecule has 2 aliphatic heterocycles. The molecule has 12 aromatic carbocycles. The monoisotopic (exact) mass is 1050 g/mol. The largest absolute Gasteiger partial charge is 0.306 e. The van der Waals surface area contributed by atoms with Gasteiger partial charge in [-0.3, -0.25) is 0 Å². The molecule has 0 atom stereocenters. The van der Waals surface area contributed by atoms with Crippen molar-refractivity contribution in [3.63, 3.8) is 0 Å². The quantitative estimate of drug-likeness (QED) is 0.136. The van der Waals surface area contributed by atoms with E-state index in [0.29, 0.717) is 5.82 Å². The van der Waals surface area contributed by atoms with Gasteiger partial charge in [-0.05, 0) is 165 Å². The maximum absolute atomic E-state index is 5.43. The van der Waals surface area contributed by atoms with Gasteiger partial charge >= 0.3 is 0 Å². The van der Waals surface area contributed by atoms with E-state index in [1.165, 1.54) is 28.2 Å². The van der Waals surface area contributed by atoms with E-state index in [-0.39, 0.29) is 0 Å². The van der Waals surface area contributed by atoms with Crippen LogP contribution in [-0.4, -0.2) is 9.36 Å². The topological polar surface area (TPSA) is 38.7 Å². The zero-order chi connectivity index (χ0) is 53.6. The molecule has 0 radical (unpaired) electrons. The predicted molar refractivity (Wildman–Crippen MR) is 338 cm³/mol. The summed E-state index contributed by atoms with van der Waals surface area (Å²) in [6.45, 7) is 0. The molecule has 2 aliphatic rings. The Balaban J connectivity index is 0.867. The molecule has 0 saturated carbocycles. The normalized spacial score (nSPS) is 12.3. The van der Waals surface area contributed by atoms with Gasteiger partial charge in [0.05, 0.1) is 45.5 Å². The van der Waals surface area contributed by atoms with Crippen molar-refractivity contribution in [3.8, 4) is 66.5 Å². The van der Waals surface area contributed by atoms with Crippen LogP contribution in [0, 0.1) is 0 Å². The van der Waals surface area contributed by atoms with Crippen molar-refractivity contribution in [1.29, 1.82) is 0 Å². The van der Waals surface area contributed by atoms with Crippen LogP contribution < -0.4 is 19.6 Å². The maximum Gasteiger partial charge on any atom is 0.173 e. The third-order valence-corrected chi connectivity index (χ3v) is 16.2. The average Bonchev–Trinajstić information content (AvgIpc) is 4.12. The summed E-state index contributed by atoms with van der Waals surface area (Å²) in [6, 6.07) is 109. The summed E-state index contributed by atoms with van der Waals surface area (Å²) in [5.41, 5.74) is 23.9. The third-order valence-electron chi connectivity index (χ3n) is 15.4. The second-order valence-electron chi connectivity index (χ2n) is 20.3. The number of nitrogens with zero attached hydrogens (tertiary/aromatic N) is 6. The fourth-order valence-corrected chi connectivity index (χ4v) is 12.3. The smallest absolute Gasteiger partial charge is 0.173 e. The first-order valence-electron chi connectivity index (χ1n) is 27.3. The van der Waals surface area contributed by atoms with Crippen LogP contribution in [0.25, 0.3) is 66.5 Å². The van der Waals surface area contributed by atoms with Crippen LogP contribution in [0.15, 0.2) is 303 Å². The van der Waals surface area contributed by atoms with Gasteiger partial charge in [0.2, 0.25) is 0 Å². The SMILES string of the molecule is c1ccc(-c2cccc(N3c4ccccc4N(c4cccc(-c5ccccc5)c4)c4cc(-c5nsc(-c6ccc7c(c6)N(c6cccc(-c8ccccc8)c6)c6ccccc6N7c6cccc(-c7ccccc7)c6)n5)ccc43)c2)cc1. The minimum Gasteiger partial charge on any atom is -0.306 e. The van der Waals surface area contributed by atoms with Crippen LogP contribution in [-0.2, 0) is 0 Å².